The minimum atomic E-state index is 0.876. The van der Waals surface area contributed by atoms with Crippen molar-refractivity contribution in [1.82, 2.24) is 0 Å². The molecule has 2 bridgehead atoms. The van der Waals surface area contributed by atoms with E-state index < -0.39 is 0 Å². The van der Waals surface area contributed by atoms with Crippen molar-refractivity contribution in [2.24, 2.45) is 17.8 Å². The van der Waals surface area contributed by atoms with Crippen LogP contribution in [-0.2, 0) is 0 Å². The average Bonchev–Trinajstić information content (AvgIpc) is 2.69. The maximum Gasteiger partial charge on any atom is -0.0136 e. The molecule has 13 heavy (non-hydrogen) atoms. The highest BCUT2D eigenvalue weighted by Crippen LogP contribution is 2.52. The van der Waals surface area contributed by atoms with Crippen molar-refractivity contribution in [1.29, 1.82) is 0 Å². The number of hydrogen-bond donors (Lipinski definition) is 0. The maximum absolute atomic E-state index is 2.48. The Morgan fingerprint density at radius 2 is 2.08 bits per heavy atom. The molecule has 0 aromatic rings. The molecule has 3 unspecified atom stereocenters. The Morgan fingerprint density at radius 1 is 1.23 bits per heavy atom. The average molecular weight is 177 g/mol. The predicted molar refractivity (Wildman–Crippen MR) is 57.3 cm³/mol. The van der Waals surface area contributed by atoms with Gasteiger partial charge < -0.3 is 0 Å². The van der Waals surface area contributed by atoms with Crippen molar-refractivity contribution in [3.05, 3.63) is 18.1 Å². The molecule has 0 spiro atoms. The quantitative estimate of drug-likeness (QED) is 0.570. The molecule has 1 radical (unpaired) electrons. The molecule has 0 aliphatic heterocycles. The third-order valence-corrected chi connectivity index (χ3v) is 3.72. The number of hydrogen-bond acceptors (Lipinski definition) is 0. The van der Waals surface area contributed by atoms with Crippen molar-refractivity contribution >= 4 is 0 Å². The van der Waals surface area contributed by atoms with Crippen molar-refractivity contribution in [3.8, 4) is 0 Å². The van der Waals surface area contributed by atoms with Crippen LogP contribution in [-0.4, -0.2) is 0 Å². The van der Waals surface area contributed by atoms with Crippen LogP contribution in [0.1, 0.15) is 46.0 Å². The van der Waals surface area contributed by atoms with E-state index in [4.69, 9.17) is 0 Å². The van der Waals surface area contributed by atoms with Gasteiger partial charge in [0.1, 0.15) is 0 Å². The van der Waals surface area contributed by atoms with Gasteiger partial charge in [-0.1, -0.05) is 38.8 Å². The molecule has 0 amide bonds. The van der Waals surface area contributed by atoms with Gasteiger partial charge in [-0.2, -0.15) is 0 Å². The van der Waals surface area contributed by atoms with Gasteiger partial charge in [-0.15, -0.1) is 0 Å². The van der Waals surface area contributed by atoms with Crippen LogP contribution in [0.3, 0.4) is 0 Å². The fraction of sp³-hybridized carbons (Fsp3) is 0.769. The lowest BCUT2D eigenvalue weighted by Crippen LogP contribution is -2.17. The first-order valence-corrected chi connectivity index (χ1v) is 5.90. The molecule has 0 N–H and O–H groups in total. The summed E-state index contributed by atoms with van der Waals surface area (Å²) >= 11 is 0. The molecular weight excluding hydrogens is 156 g/mol. The Bertz CT molecular complexity index is 172. The summed E-state index contributed by atoms with van der Waals surface area (Å²) < 4.78 is 0. The highest BCUT2D eigenvalue weighted by atomic mass is 14.5. The molecular formula is C13H21. The van der Waals surface area contributed by atoms with E-state index in [9.17, 15) is 0 Å². The lowest BCUT2D eigenvalue weighted by atomic mass is 9.78. The van der Waals surface area contributed by atoms with Gasteiger partial charge in [-0.05, 0) is 42.9 Å². The molecule has 0 nitrogen and oxygen atoms in total. The maximum atomic E-state index is 2.48. The van der Waals surface area contributed by atoms with Crippen LogP contribution in [0.2, 0.25) is 0 Å². The molecule has 73 valence electrons. The summed E-state index contributed by atoms with van der Waals surface area (Å²) in [6.45, 7) is 4.63. The Morgan fingerprint density at radius 3 is 2.77 bits per heavy atom. The number of fused-ring (bicyclic) bond motifs is 2. The Kier molecular flexibility index (Phi) is 2.76. The van der Waals surface area contributed by atoms with Crippen molar-refractivity contribution in [2.45, 2.75) is 46.0 Å². The monoisotopic (exact) mass is 177 g/mol. The van der Waals surface area contributed by atoms with E-state index in [0.717, 1.165) is 17.8 Å². The number of allylic oxidation sites excluding steroid dienone is 2. The zero-order valence-electron chi connectivity index (χ0n) is 8.92. The summed E-state index contributed by atoms with van der Waals surface area (Å²) in [5, 5.41) is 0. The lowest BCUT2D eigenvalue weighted by Gasteiger charge is -2.26. The molecule has 2 rings (SSSR count). The third-order valence-electron chi connectivity index (χ3n) is 3.72. The fourth-order valence-electron chi connectivity index (χ4n) is 3.22. The number of rotatable bonds is 4. The molecule has 1 saturated carbocycles. The standard InChI is InChI=1S/C13H21/c1-3-5-12-10-7-8-11(9-10)13(12)6-4-2/h7-8,10-12H,3-6,9H2,1-2H3. The van der Waals surface area contributed by atoms with Gasteiger partial charge in [0.15, 0.2) is 0 Å². The van der Waals surface area contributed by atoms with Crippen LogP contribution < -0.4 is 0 Å². The first kappa shape index (κ1) is 9.30. The van der Waals surface area contributed by atoms with E-state index in [1.54, 1.807) is 0 Å². The summed E-state index contributed by atoms with van der Waals surface area (Å²) in [6.07, 6.45) is 11.9. The molecule has 2 aliphatic rings. The minimum absolute atomic E-state index is 0.876. The van der Waals surface area contributed by atoms with Crippen molar-refractivity contribution in [2.75, 3.05) is 0 Å². The van der Waals surface area contributed by atoms with Crippen LogP contribution in [0.5, 0.6) is 0 Å². The Hall–Kier alpha value is -0.260. The zero-order valence-corrected chi connectivity index (χ0v) is 8.92. The molecule has 0 saturated heterocycles. The molecule has 0 heteroatoms. The molecule has 0 heterocycles. The van der Waals surface area contributed by atoms with Crippen LogP contribution >= 0.6 is 0 Å². The van der Waals surface area contributed by atoms with Crippen LogP contribution in [0, 0.1) is 23.7 Å². The van der Waals surface area contributed by atoms with Gasteiger partial charge >= 0.3 is 0 Å². The molecule has 0 aromatic heterocycles. The van der Waals surface area contributed by atoms with E-state index in [0.29, 0.717) is 0 Å². The SMILES string of the molecule is CCC[C]1C2C=CC(C2)C1CCC. The van der Waals surface area contributed by atoms with Crippen LogP contribution in [0.15, 0.2) is 12.2 Å². The van der Waals surface area contributed by atoms with Gasteiger partial charge in [0.25, 0.3) is 0 Å². The van der Waals surface area contributed by atoms with Crippen molar-refractivity contribution < 1.29 is 0 Å². The van der Waals surface area contributed by atoms with Gasteiger partial charge in [0.05, 0.1) is 0 Å². The molecule has 3 atom stereocenters. The van der Waals surface area contributed by atoms with Gasteiger partial charge in [0, 0.05) is 0 Å². The van der Waals surface area contributed by atoms with E-state index in [1.807, 2.05) is 5.92 Å². The van der Waals surface area contributed by atoms with Crippen molar-refractivity contribution in [3.63, 3.8) is 0 Å². The van der Waals surface area contributed by atoms with Gasteiger partial charge in [0.2, 0.25) is 0 Å². The zero-order chi connectivity index (χ0) is 9.26. The predicted octanol–water partition coefficient (Wildman–Crippen LogP) is 3.98. The third kappa shape index (κ3) is 1.56. The van der Waals surface area contributed by atoms with Crippen LogP contribution in [0.25, 0.3) is 0 Å². The van der Waals surface area contributed by atoms with E-state index in [1.165, 1.54) is 32.1 Å². The summed E-state index contributed by atoms with van der Waals surface area (Å²) in [5.74, 6) is 4.64. The largest absolute Gasteiger partial charge is 0.0848 e. The van der Waals surface area contributed by atoms with Gasteiger partial charge in [-0.25, -0.2) is 0 Å². The second-order valence-corrected chi connectivity index (χ2v) is 4.61. The molecule has 2 aliphatic carbocycles. The minimum Gasteiger partial charge on any atom is -0.0848 e. The molecule has 1 fully saturated rings. The second kappa shape index (κ2) is 3.86. The van der Waals surface area contributed by atoms with E-state index >= 15 is 0 Å². The summed E-state index contributed by atoms with van der Waals surface area (Å²) in [6, 6.07) is 0. The highest BCUT2D eigenvalue weighted by Gasteiger charge is 2.43. The fourth-order valence-corrected chi connectivity index (χ4v) is 3.22. The highest BCUT2D eigenvalue weighted by molar-refractivity contribution is 5.25. The first-order chi connectivity index (χ1) is 6.36. The lowest BCUT2D eigenvalue weighted by molar-refractivity contribution is 0.418. The van der Waals surface area contributed by atoms with E-state index in [-0.39, 0.29) is 0 Å². The van der Waals surface area contributed by atoms with Gasteiger partial charge in [-0.3, -0.25) is 0 Å². The topological polar surface area (TPSA) is 0 Å². The smallest absolute Gasteiger partial charge is 0.0136 e. The Labute approximate surface area is 82.4 Å². The summed E-state index contributed by atoms with van der Waals surface area (Å²) in [5.41, 5.74) is 0. The molecule has 0 aromatic carbocycles. The second-order valence-electron chi connectivity index (χ2n) is 4.61. The first-order valence-electron chi connectivity index (χ1n) is 5.90. The summed E-state index contributed by atoms with van der Waals surface area (Å²) in [4.78, 5) is 0. The van der Waals surface area contributed by atoms with E-state index in [2.05, 4.69) is 26.0 Å². The Balaban J connectivity index is 2.02. The summed E-state index contributed by atoms with van der Waals surface area (Å²) in [7, 11) is 0. The normalized spacial score (nSPS) is 37.5. The van der Waals surface area contributed by atoms with Crippen LogP contribution in [0.4, 0.5) is 0 Å².